The van der Waals surface area contributed by atoms with Crippen LogP contribution < -0.4 is 0 Å². The normalized spacial score (nSPS) is 18.3. The minimum atomic E-state index is -0.312. The van der Waals surface area contributed by atoms with Crippen LogP contribution in [-0.2, 0) is 6.54 Å². The molecule has 0 radical (unpaired) electrons. The smallest absolute Gasteiger partial charge is 0.231 e. The highest BCUT2D eigenvalue weighted by Gasteiger charge is 2.29. The molecule has 3 heterocycles. The molecule has 124 valence electrons. The van der Waals surface area contributed by atoms with Crippen molar-refractivity contribution in [2.24, 2.45) is 0 Å². The lowest BCUT2D eigenvalue weighted by Crippen LogP contribution is -2.20. The van der Waals surface area contributed by atoms with Gasteiger partial charge in [-0.2, -0.15) is 4.98 Å². The highest BCUT2D eigenvalue weighted by molar-refractivity contribution is 5.56. The summed E-state index contributed by atoms with van der Waals surface area (Å²) in [7, 11) is 0. The number of halogens is 1. The van der Waals surface area contributed by atoms with Gasteiger partial charge in [-0.05, 0) is 32.0 Å². The highest BCUT2D eigenvalue weighted by atomic mass is 19.1. The molecule has 0 spiro atoms. The van der Waals surface area contributed by atoms with Crippen LogP contribution in [0.3, 0.4) is 0 Å². The summed E-state index contributed by atoms with van der Waals surface area (Å²) in [4.78, 5) is 10.8. The Morgan fingerprint density at radius 2 is 2.21 bits per heavy atom. The first-order valence-electron chi connectivity index (χ1n) is 7.91. The van der Waals surface area contributed by atoms with Gasteiger partial charge in [0.15, 0.2) is 11.6 Å². The van der Waals surface area contributed by atoms with Crippen LogP contribution >= 0.6 is 0 Å². The largest absolute Gasteiger partial charge is 0.439 e. The number of benzene rings is 1. The number of rotatable bonds is 4. The van der Waals surface area contributed by atoms with Gasteiger partial charge in [-0.25, -0.2) is 9.37 Å². The maximum Gasteiger partial charge on any atom is 0.231 e. The number of likely N-dealkylation sites (tertiary alicyclic amines) is 1. The summed E-state index contributed by atoms with van der Waals surface area (Å²) in [5.41, 5.74) is 0.428. The molecule has 1 aromatic carbocycles. The van der Waals surface area contributed by atoms with E-state index >= 15 is 0 Å². The molecule has 24 heavy (non-hydrogen) atoms. The van der Waals surface area contributed by atoms with E-state index in [2.05, 4.69) is 20.0 Å². The summed E-state index contributed by atoms with van der Waals surface area (Å²) in [5.74, 6) is 2.31. The van der Waals surface area contributed by atoms with Gasteiger partial charge in [0.2, 0.25) is 11.8 Å². The van der Waals surface area contributed by atoms with E-state index < -0.39 is 0 Å². The summed E-state index contributed by atoms with van der Waals surface area (Å²) in [5, 5.41) is 3.84. The monoisotopic (exact) mass is 328 g/mol. The molecule has 2 aromatic heterocycles. The Hall–Kier alpha value is -2.54. The number of oxazole rings is 1. The molecule has 1 atom stereocenters. The van der Waals surface area contributed by atoms with Gasteiger partial charge < -0.3 is 8.94 Å². The van der Waals surface area contributed by atoms with Gasteiger partial charge in [0.25, 0.3) is 0 Å². The van der Waals surface area contributed by atoms with Gasteiger partial charge in [0, 0.05) is 6.54 Å². The van der Waals surface area contributed by atoms with Crippen LogP contribution in [0.1, 0.15) is 29.9 Å². The molecule has 0 N–H and O–H groups in total. The van der Waals surface area contributed by atoms with Gasteiger partial charge in [0.05, 0.1) is 24.2 Å². The average Bonchev–Trinajstić information content (AvgIpc) is 3.29. The zero-order chi connectivity index (χ0) is 16.5. The molecule has 0 saturated carbocycles. The lowest BCUT2D eigenvalue weighted by molar-refractivity contribution is 0.280. The molecular formula is C17H17FN4O2. The van der Waals surface area contributed by atoms with E-state index in [1.165, 1.54) is 6.07 Å². The van der Waals surface area contributed by atoms with Crippen molar-refractivity contribution in [2.75, 3.05) is 13.1 Å². The van der Waals surface area contributed by atoms with Crippen LogP contribution in [0.5, 0.6) is 0 Å². The predicted octanol–water partition coefficient (Wildman–Crippen LogP) is 3.16. The van der Waals surface area contributed by atoms with Gasteiger partial charge in [-0.3, -0.25) is 4.90 Å². The Labute approximate surface area is 138 Å². The van der Waals surface area contributed by atoms with Crippen molar-refractivity contribution in [1.29, 1.82) is 0 Å². The fourth-order valence-electron chi connectivity index (χ4n) is 3.02. The number of aryl methyl sites for hydroxylation is 1. The van der Waals surface area contributed by atoms with Gasteiger partial charge in [-0.15, -0.1) is 0 Å². The molecule has 3 aromatic rings. The summed E-state index contributed by atoms with van der Waals surface area (Å²) in [6.07, 6.45) is 2.53. The molecule has 1 fully saturated rings. The van der Waals surface area contributed by atoms with Crippen LogP contribution in [0.2, 0.25) is 0 Å². The SMILES string of the molecule is Cc1noc([C@H]2CCN(Cc3ncc(-c4ccccc4F)o3)C2)n1. The van der Waals surface area contributed by atoms with E-state index in [9.17, 15) is 4.39 Å². The second kappa shape index (κ2) is 6.16. The Bertz CT molecular complexity index is 844. The first-order chi connectivity index (χ1) is 11.7. The number of nitrogens with zero attached hydrogens (tertiary/aromatic N) is 4. The second-order valence-electron chi connectivity index (χ2n) is 6.00. The predicted molar refractivity (Wildman–Crippen MR) is 83.6 cm³/mol. The van der Waals surface area contributed by atoms with Crippen molar-refractivity contribution < 1.29 is 13.3 Å². The maximum atomic E-state index is 13.8. The average molecular weight is 328 g/mol. The maximum absolute atomic E-state index is 13.8. The van der Waals surface area contributed by atoms with Crippen molar-refractivity contribution in [2.45, 2.75) is 25.8 Å². The Kier molecular flexibility index (Phi) is 3.86. The van der Waals surface area contributed by atoms with Crippen LogP contribution in [0.4, 0.5) is 4.39 Å². The van der Waals surface area contributed by atoms with Gasteiger partial charge in [-0.1, -0.05) is 17.3 Å². The lowest BCUT2D eigenvalue weighted by atomic mass is 10.1. The van der Waals surface area contributed by atoms with Crippen molar-refractivity contribution in [1.82, 2.24) is 20.0 Å². The molecule has 0 amide bonds. The molecule has 0 aliphatic carbocycles. The van der Waals surface area contributed by atoms with Crippen LogP contribution in [-0.4, -0.2) is 33.1 Å². The fraction of sp³-hybridized carbons (Fsp3) is 0.353. The van der Waals surface area contributed by atoms with Crippen LogP contribution in [0.25, 0.3) is 11.3 Å². The highest BCUT2D eigenvalue weighted by Crippen LogP contribution is 2.28. The minimum absolute atomic E-state index is 0.243. The van der Waals surface area contributed by atoms with E-state index in [0.717, 1.165) is 19.5 Å². The van der Waals surface area contributed by atoms with E-state index in [4.69, 9.17) is 8.94 Å². The zero-order valence-electron chi connectivity index (χ0n) is 13.3. The summed E-state index contributed by atoms with van der Waals surface area (Å²) >= 11 is 0. The molecule has 1 saturated heterocycles. The van der Waals surface area contributed by atoms with E-state index in [-0.39, 0.29) is 11.7 Å². The number of hydrogen-bond donors (Lipinski definition) is 0. The molecule has 0 bridgehead atoms. The molecular weight excluding hydrogens is 311 g/mol. The number of aromatic nitrogens is 3. The van der Waals surface area contributed by atoms with Gasteiger partial charge >= 0.3 is 0 Å². The summed E-state index contributed by atoms with van der Waals surface area (Å²) in [6.45, 7) is 4.12. The number of hydrogen-bond acceptors (Lipinski definition) is 6. The second-order valence-corrected chi connectivity index (χ2v) is 6.00. The molecule has 1 aliphatic heterocycles. The summed E-state index contributed by atoms with van der Waals surface area (Å²) < 4.78 is 24.8. The van der Waals surface area contributed by atoms with E-state index in [1.807, 2.05) is 6.92 Å². The van der Waals surface area contributed by atoms with Crippen molar-refractivity contribution in [3.05, 3.63) is 53.9 Å². The van der Waals surface area contributed by atoms with E-state index in [0.29, 0.717) is 35.5 Å². The molecule has 7 heteroatoms. The van der Waals surface area contributed by atoms with E-state index in [1.54, 1.807) is 24.4 Å². The fourth-order valence-corrected chi connectivity index (χ4v) is 3.02. The molecule has 1 aliphatic rings. The molecule has 6 nitrogen and oxygen atoms in total. The van der Waals surface area contributed by atoms with Crippen molar-refractivity contribution >= 4 is 0 Å². The Morgan fingerprint density at radius 1 is 1.33 bits per heavy atom. The van der Waals surface area contributed by atoms with Crippen molar-refractivity contribution in [3.63, 3.8) is 0 Å². The quantitative estimate of drug-likeness (QED) is 0.733. The van der Waals surface area contributed by atoms with Gasteiger partial charge in [0.1, 0.15) is 5.82 Å². The zero-order valence-corrected chi connectivity index (χ0v) is 13.3. The first-order valence-corrected chi connectivity index (χ1v) is 7.91. The van der Waals surface area contributed by atoms with Crippen molar-refractivity contribution in [3.8, 4) is 11.3 Å². The Morgan fingerprint density at radius 3 is 3.00 bits per heavy atom. The minimum Gasteiger partial charge on any atom is -0.439 e. The topological polar surface area (TPSA) is 68.2 Å². The molecule has 4 rings (SSSR count). The lowest BCUT2D eigenvalue weighted by Gasteiger charge is -2.12. The standard InChI is InChI=1S/C17H17FN4O2/c1-11-20-17(24-21-11)12-6-7-22(9-12)10-16-19-8-15(23-16)13-4-2-3-5-14(13)18/h2-5,8,12H,6-7,9-10H2,1H3/t12-/m0/s1. The Balaban J connectivity index is 1.43. The first kappa shape index (κ1) is 15.0. The van der Waals surface area contributed by atoms with Crippen LogP contribution in [0.15, 0.2) is 39.4 Å². The third kappa shape index (κ3) is 2.94. The summed E-state index contributed by atoms with van der Waals surface area (Å²) in [6, 6.07) is 6.52. The molecule has 0 unspecified atom stereocenters. The third-order valence-corrected chi connectivity index (χ3v) is 4.22. The van der Waals surface area contributed by atoms with Crippen LogP contribution in [0, 0.1) is 12.7 Å². The third-order valence-electron chi connectivity index (χ3n) is 4.22.